The first-order valence-electron chi connectivity index (χ1n) is 17.3. The van der Waals surface area contributed by atoms with Crippen LogP contribution in [-0.4, -0.2) is 15.0 Å². The Bertz CT molecular complexity index is 3190. The Hall–Kier alpha value is -7.11. The monoisotopic (exact) mass is 665 g/mol. The van der Waals surface area contributed by atoms with Crippen LogP contribution >= 0.6 is 0 Å². The highest BCUT2D eigenvalue weighted by Crippen LogP contribution is 2.41. The van der Waals surface area contributed by atoms with Gasteiger partial charge >= 0.3 is 0 Å². The average Bonchev–Trinajstić information content (AvgIpc) is 3.79. The zero-order valence-electron chi connectivity index (χ0n) is 27.7. The molecule has 0 bridgehead atoms. The first-order valence-corrected chi connectivity index (χ1v) is 17.3. The SMILES string of the molecule is c1ccc(-c2ccc3ccc(-c4nc(-c5cc6oc7ccccc7c6c6ccccc56)nc(-c5cccc6oc7ccccc7c56)n4)cc3c2)cc1. The third-order valence-electron chi connectivity index (χ3n) is 10.1. The summed E-state index contributed by atoms with van der Waals surface area (Å²) in [5.41, 5.74) is 8.25. The molecule has 0 atom stereocenters. The van der Waals surface area contributed by atoms with E-state index in [9.17, 15) is 0 Å². The first-order chi connectivity index (χ1) is 25.7. The van der Waals surface area contributed by atoms with Crippen molar-refractivity contribution in [2.75, 3.05) is 0 Å². The van der Waals surface area contributed by atoms with Gasteiger partial charge in [0.25, 0.3) is 0 Å². The molecule has 0 saturated carbocycles. The van der Waals surface area contributed by atoms with Crippen molar-refractivity contribution in [3.63, 3.8) is 0 Å². The number of rotatable bonds is 4. The van der Waals surface area contributed by atoms with Crippen molar-refractivity contribution < 1.29 is 8.83 Å². The van der Waals surface area contributed by atoms with Crippen molar-refractivity contribution in [1.29, 1.82) is 0 Å². The Balaban J connectivity index is 1.19. The maximum absolute atomic E-state index is 6.46. The summed E-state index contributed by atoms with van der Waals surface area (Å²) in [5, 5.41) is 8.56. The molecule has 11 aromatic rings. The van der Waals surface area contributed by atoms with Gasteiger partial charge < -0.3 is 8.83 Å². The Morgan fingerprint density at radius 3 is 1.67 bits per heavy atom. The molecule has 5 heteroatoms. The van der Waals surface area contributed by atoms with Crippen LogP contribution in [0.5, 0.6) is 0 Å². The molecule has 0 radical (unpaired) electrons. The van der Waals surface area contributed by atoms with Crippen LogP contribution in [0, 0.1) is 0 Å². The van der Waals surface area contributed by atoms with Crippen molar-refractivity contribution in [3.05, 3.63) is 164 Å². The normalized spacial score (nSPS) is 11.8. The highest BCUT2D eigenvalue weighted by Gasteiger charge is 2.21. The summed E-state index contributed by atoms with van der Waals surface area (Å²) in [7, 11) is 0. The molecule has 3 heterocycles. The van der Waals surface area contributed by atoms with Gasteiger partial charge in [-0.1, -0.05) is 127 Å². The van der Waals surface area contributed by atoms with Crippen molar-refractivity contribution in [3.8, 4) is 45.3 Å². The van der Waals surface area contributed by atoms with Gasteiger partial charge in [-0.25, -0.2) is 15.0 Å². The number of hydrogen-bond acceptors (Lipinski definition) is 5. The van der Waals surface area contributed by atoms with E-state index >= 15 is 0 Å². The standard InChI is InChI=1S/C47H27N3O2/c1-2-11-28(12-3-1)30-23-21-29-22-24-31(26-32(29)25-30)45-48-46(37-17-10-20-41-44(37)36-16-7-8-18-39(36)51-41)50-47(49-45)38-27-42-43(34-14-5-4-13-33(34)38)35-15-6-9-19-40(35)52-42/h1-27H. The highest BCUT2D eigenvalue weighted by atomic mass is 16.3. The molecule has 0 unspecified atom stereocenters. The summed E-state index contributed by atoms with van der Waals surface area (Å²) in [6.45, 7) is 0. The molecule has 0 saturated heterocycles. The molecule has 8 aromatic carbocycles. The summed E-state index contributed by atoms with van der Waals surface area (Å²) in [6, 6.07) is 56.3. The molecular weight excluding hydrogens is 639 g/mol. The third-order valence-corrected chi connectivity index (χ3v) is 10.1. The molecule has 242 valence electrons. The molecule has 0 aliphatic carbocycles. The molecular formula is C47H27N3O2. The molecule has 0 spiro atoms. The predicted molar refractivity (Wildman–Crippen MR) is 211 cm³/mol. The summed E-state index contributed by atoms with van der Waals surface area (Å²) in [4.78, 5) is 15.7. The Morgan fingerprint density at radius 1 is 0.308 bits per heavy atom. The number of aromatic nitrogens is 3. The second-order valence-electron chi connectivity index (χ2n) is 13.2. The fourth-order valence-corrected chi connectivity index (χ4v) is 7.68. The van der Waals surface area contributed by atoms with E-state index in [1.54, 1.807) is 0 Å². The molecule has 3 aromatic heterocycles. The lowest BCUT2D eigenvalue weighted by atomic mass is 9.98. The summed E-state index contributed by atoms with van der Waals surface area (Å²) in [6.07, 6.45) is 0. The minimum Gasteiger partial charge on any atom is -0.456 e. The van der Waals surface area contributed by atoms with E-state index in [4.69, 9.17) is 23.8 Å². The van der Waals surface area contributed by atoms with Gasteiger partial charge in [0.05, 0.1) is 0 Å². The van der Waals surface area contributed by atoms with Crippen LogP contribution in [0.25, 0.3) is 111 Å². The minimum absolute atomic E-state index is 0.571. The van der Waals surface area contributed by atoms with E-state index in [0.717, 1.165) is 87.7 Å². The van der Waals surface area contributed by atoms with Gasteiger partial charge in [-0.05, 0) is 69.1 Å². The van der Waals surface area contributed by atoms with Gasteiger partial charge in [-0.3, -0.25) is 0 Å². The van der Waals surface area contributed by atoms with Gasteiger partial charge in [0.2, 0.25) is 0 Å². The smallest absolute Gasteiger partial charge is 0.164 e. The number of benzene rings is 8. The number of nitrogens with zero attached hydrogens (tertiary/aromatic N) is 3. The predicted octanol–water partition coefficient (Wildman–Crippen LogP) is 12.6. The van der Waals surface area contributed by atoms with Crippen LogP contribution in [0.15, 0.2) is 173 Å². The highest BCUT2D eigenvalue weighted by molar-refractivity contribution is 6.22. The van der Waals surface area contributed by atoms with Crippen LogP contribution in [0.4, 0.5) is 0 Å². The Kier molecular flexibility index (Phi) is 6.18. The lowest BCUT2D eigenvalue weighted by Crippen LogP contribution is -2.01. The van der Waals surface area contributed by atoms with Crippen LogP contribution < -0.4 is 0 Å². The van der Waals surface area contributed by atoms with E-state index in [-0.39, 0.29) is 0 Å². The van der Waals surface area contributed by atoms with Crippen LogP contribution in [0.1, 0.15) is 0 Å². The summed E-state index contributed by atoms with van der Waals surface area (Å²) < 4.78 is 12.8. The number of fused-ring (bicyclic) bond motifs is 9. The fourth-order valence-electron chi connectivity index (χ4n) is 7.68. The maximum atomic E-state index is 6.46. The zero-order chi connectivity index (χ0) is 34.2. The summed E-state index contributed by atoms with van der Waals surface area (Å²) in [5.74, 6) is 1.73. The largest absolute Gasteiger partial charge is 0.456 e. The van der Waals surface area contributed by atoms with E-state index in [0.29, 0.717) is 17.5 Å². The summed E-state index contributed by atoms with van der Waals surface area (Å²) >= 11 is 0. The molecule has 5 nitrogen and oxygen atoms in total. The van der Waals surface area contributed by atoms with Crippen molar-refractivity contribution >= 4 is 65.4 Å². The van der Waals surface area contributed by atoms with Crippen molar-refractivity contribution in [2.24, 2.45) is 0 Å². The molecule has 11 rings (SSSR count). The Labute approximate surface area is 297 Å². The Morgan fingerprint density at radius 2 is 0.885 bits per heavy atom. The van der Waals surface area contributed by atoms with Crippen LogP contribution in [0.2, 0.25) is 0 Å². The molecule has 0 fully saturated rings. The molecule has 0 amide bonds. The fraction of sp³-hybridized carbons (Fsp3) is 0. The molecule has 0 aliphatic rings. The van der Waals surface area contributed by atoms with Gasteiger partial charge in [0.15, 0.2) is 17.5 Å². The van der Waals surface area contributed by atoms with Gasteiger partial charge in [0, 0.05) is 38.2 Å². The van der Waals surface area contributed by atoms with Crippen LogP contribution in [-0.2, 0) is 0 Å². The second-order valence-corrected chi connectivity index (χ2v) is 13.2. The van der Waals surface area contributed by atoms with Crippen LogP contribution in [0.3, 0.4) is 0 Å². The molecule has 0 N–H and O–H groups in total. The maximum Gasteiger partial charge on any atom is 0.164 e. The quantitative estimate of drug-likeness (QED) is 0.187. The number of para-hydroxylation sites is 2. The van der Waals surface area contributed by atoms with Gasteiger partial charge in [0.1, 0.15) is 22.3 Å². The topological polar surface area (TPSA) is 65.0 Å². The first kappa shape index (κ1) is 28.7. The van der Waals surface area contributed by atoms with E-state index in [1.165, 1.54) is 5.56 Å². The van der Waals surface area contributed by atoms with E-state index in [2.05, 4.69) is 115 Å². The van der Waals surface area contributed by atoms with E-state index in [1.807, 2.05) is 48.5 Å². The van der Waals surface area contributed by atoms with Gasteiger partial charge in [-0.15, -0.1) is 0 Å². The third kappa shape index (κ3) is 4.46. The zero-order valence-corrected chi connectivity index (χ0v) is 27.7. The number of furan rings is 2. The van der Waals surface area contributed by atoms with Crippen molar-refractivity contribution in [1.82, 2.24) is 15.0 Å². The lowest BCUT2D eigenvalue weighted by Gasteiger charge is -2.12. The molecule has 52 heavy (non-hydrogen) atoms. The lowest BCUT2D eigenvalue weighted by molar-refractivity contribution is 0.669. The van der Waals surface area contributed by atoms with E-state index < -0.39 is 0 Å². The minimum atomic E-state index is 0.571. The molecule has 0 aliphatic heterocycles. The average molecular weight is 666 g/mol. The number of hydrogen-bond donors (Lipinski definition) is 0. The van der Waals surface area contributed by atoms with Crippen molar-refractivity contribution in [2.45, 2.75) is 0 Å². The van der Waals surface area contributed by atoms with Gasteiger partial charge in [-0.2, -0.15) is 0 Å². The second kappa shape index (κ2) is 11.2.